The molecule has 0 aliphatic carbocycles. The fraction of sp³-hybridized carbons (Fsp3) is 0.333. The number of rotatable bonds is 2. The van der Waals surface area contributed by atoms with Gasteiger partial charge in [-0.1, -0.05) is 27.5 Å². The predicted octanol–water partition coefficient (Wildman–Crippen LogP) is 3.01. The van der Waals surface area contributed by atoms with Gasteiger partial charge in [-0.2, -0.15) is 0 Å². The minimum absolute atomic E-state index is 0.271. The van der Waals surface area contributed by atoms with E-state index in [1.807, 2.05) is 12.1 Å². The summed E-state index contributed by atoms with van der Waals surface area (Å²) in [5.41, 5.74) is 1.16. The molecule has 0 fully saturated rings. The van der Waals surface area contributed by atoms with Gasteiger partial charge >= 0.3 is 0 Å². The van der Waals surface area contributed by atoms with Crippen LogP contribution in [0.15, 0.2) is 12.1 Å². The first-order chi connectivity index (χ1) is 6.31. The van der Waals surface area contributed by atoms with Crippen molar-refractivity contribution < 1.29 is 9.47 Å². The Balaban J connectivity index is 2.37. The number of benzene rings is 1. The van der Waals surface area contributed by atoms with Crippen LogP contribution in [-0.4, -0.2) is 12.1 Å². The van der Waals surface area contributed by atoms with Gasteiger partial charge < -0.3 is 9.47 Å². The zero-order valence-electron chi connectivity index (χ0n) is 6.85. The molecule has 0 amide bonds. The van der Waals surface area contributed by atoms with Crippen molar-refractivity contribution in [1.82, 2.24) is 0 Å². The first-order valence-corrected chi connectivity index (χ1v) is 5.45. The SMILES string of the molecule is Clc1cc(CCBr)cc2c1OCO2. The topological polar surface area (TPSA) is 18.5 Å². The molecule has 0 radical (unpaired) electrons. The van der Waals surface area contributed by atoms with Crippen LogP contribution in [-0.2, 0) is 6.42 Å². The largest absolute Gasteiger partial charge is 0.454 e. The van der Waals surface area contributed by atoms with Crippen molar-refractivity contribution in [2.45, 2.75) is 6.42 Å². The van der Waals surface area contributed by atoms with Crippen LogP contribution in [0, 0.1) is 0 Å². The second kappa shape index (κ2) is 3.76. The summed E-state index contributed by atoms with van der Waals surface area (Å²) in [6, 6.07) is 3.88. The lowest BCUT2D eigenvalue weighted by Gasteiger charge is -2.02. The number of halogens is 2. The summed E-state index contributed by atoms with van der Waals surface area (Å²) >= 11 is 9.37. The average Bonchev–Trinajstić information content (AvgIpc) is 2.53. The standard InChI is InChI=1S/C9H8BrClO2/c10-2-1-6-3-7(11)9-8(4-6)12-5-13-9/h3-4H,1-2,5H2. The molecule has 0 unspecified atom stereocenters. The third kappa shape index (κ3) is 1.76. The molecule has 1 aromatic rings. The number of hydrogen-bond acceptors (Lipinski definition) is 2. The van der Waals surface area contributed by atoms with Gasteiger partial charge in [0.2, 0.25) is 6.79 Å². The maximum atomic E-state index is 5.99. The quantitative estimate of drug-likeness (QED) is 0.764. The Morgan fingerprint density at radius 1 is 1.38 bits per heavy atom. The summed E-state index contributed by atoms with van der Waals surface area (Å²) < 4.78 is 10.4. The second-order valence-corrected chi connectivity index (χ2v) is 3.95. The Morgan fingerprint density at radius 2 is 2.23 bits per heavy atom. The van der Waals surface area contributed by atoms with E-state index >= 15 is 0 Å². The van der Waals surface area contributed by atoms with E-state index in [4.69, 9.17) is 21.1 Å². The van der Waals surface area contributed by atoms with Crippen LogP contribution in [0.1, 0.15) is 5.56 Å². The summed E-state index contributed by atoms with van der Waals surface area (Å²) in [5.74, 6) is 1.42. The number of alkyl halides is 1. The minimum atomic E-state index is 0.271. The van der Waals surface area contributed by atoms with Crippen LogP contribution in [0.5, 0.6) is 11.5 Å². The number of hydrogen-bond donors (Lipinski definition) is 0. The first kappa shape index (κ1) is 9.16. The van der Waals surface area contributed by atoms with Crippen molar-refractivity contribution in [1.29, 1.82) is 0 Å². The highest BCUT2D eigenvalue weighted by atomic mass is 79.9. The van der Waals surface area contributed by atoms with Gasteiger partial charge in [-0.15, -0.1) is 0 Å². The van der Waals surface area contributed by atoms with Crippen LogP contribution in [0.4, 0.5) is 0 Å². The van der Waals surface area contributed by atoms with Crippen LogP contribution in [0.3, 0.4) is 0 Å². The van der Waals surface area contributed by atoms with Crippen molar-refractivity contribution in [3.8, 4) is 11.5 Å². The molecular weight excluding hydrogens is 255 g/mol. The van der Waals surface area contributed by atoms with Gasteiger partial charge in [0, 0.05) is 5.33 Å². The summed E-state index contributed by atoms with van der Waals surface area (Å²) in [6.07, 6.45) is 0.941. The Hall–Kier alpha value is -0.410. The predicted molar refractivity (Wildman–Crippen MR) is 55.1 cm³/mol. The second-order valence-electron chi connectivity index (χ2n) is 2.75. The molecule has 0 saturated carbocycles. The van der Waals surface area contributed by atoms with E-state index in [1.54, 1.807) is 0 Å². The molecule has 1 aromatic carbocycles. The van der Waals surface area contributed by atoms with Crippen molar-refractivity contribution >= 4 is 27.5 Å². The Kier molecular flexibility index (Phi) is 2.65. The van der Waals surface area contributed by atoms with E-state index < -0.39 is 0 Å². The molecule has 4 heteroatoms. The van der Waals surface area contributed by atoms with Gasteiger partial charge in [-0.05, 0) is 24.1 Å². The van der Waals surface area contributed by atoms with Gasteiger partial charge in [-0.25, -0.2) is 0 Å². The molecule has 0 aromatic heterocycles. The molecule has 2 rings (SSSR count). The van der Waals surface area contributed by atoms with Crippen molar-refractivity contribution in [3.63, 3.8) is 0 Å². The summed E-state index contributed by atoms with van der Waals surface area (Å²) in [5, 5.41) is 1.55. The highest BCUT2D eigenvalue weighted by molar-refractivity contribution is 9.09. The fourth-order valence-corrected chi connectivity index (χ4v) is 2.02. The maximum absolute atomic E-state index is 5.99. The maximum Gasteiger partial charge on any atom is 0.231 e. The zero-order valence-corrected chi connectivity index (χ0v) is 9.19. The third-order valence-corrected chi connectivity index (χ3v) is 2.55. The lowest BCUT2D eigenvalue weighted by atomic mass is 10.1. The summed E-state index contributed by atoms with van der Waals surface area (Å²) in [4.78, 5) is 0. The highest BCUT2D eigenvalue weighted by Crippen LogP contribution is 2.39. The number of fused-ring (bicyclic) bond motifs is 1. The number of ether oxygens (including phenoxy) is 2. The smallest absolute Gasteiger partial charge is 0.231 e. The van der Waals surface area contributed by atoms with Crippen molar-refractivity contribution in [2.75, 3.05) is 12.1 Å². The molecule has 0 saturated heterocycles. The van der Waals surface area contributed by atoms with E-state index in [9.17, 15) is 0 Å². The molecular formula is C9H8BrClO2. The Labute approximate surface area is 89.9 Å². The van der Waals surface area contributed by atoms with Gasteiger partial charge in [-0.3, -0.25) is 0 Å². The average molecular weight is 264 g/mol. The van der Waals surface area contributed by atoms with Gasteiger partial charge in [0.15, 0.2) is 11.5 Å². The fourth-order valence-electron chi connectivity index (χ4n) is 1.27. The van der Waals surface area contributed by atoms with Crippen molar-refractivity contribution in [2.24, 2.45) is 0 Å². The normalized spacial score (nSPS) is 13.4. The van der Waals surface area contributed by atoms with Crippen LogP contribution >= 0.6 is 27.5 Å². The Bertz CT molecular complexity index is 328. The lowest BCUT2D eigenvalue weighted by Crippen LogP contribution is -1.93. The molecule has 2 nitrogen and oxygen atoms in total. The molecule has 1 aliphatic heterocycles. The van der Waals surface area contributed by atoms with Gasteiger partial charge in [0.25, 0.3) is 0 Å². The van der Waals surface area contributed by atoms with Gasteiger partial charge in [0.1, 0.15) is 0 Å². The first-order valence-electron chi connectivity index (χ1n) is 3.95. The van der Waals surface area contributed by atoms with E-state index in [2.05, 4.69) is 15.9 Å². The zero-order chi connectivity index (χ0) is 9.26. The van der Waals surface area contributed by atoms with Crippen molar-refractivity contribution in [3.05, 3.63) is 22.7 Å². The monoisotopic (exact) mass is 262 g/mol. The minimum Gasteiger partial charge on any atom is -0.454 e. The molecule has 1 heterocycles. The van der Waals surface area contributed by atoms with Gasteiger partial charge in [0.05, 0.1) is 5.02 Å². The molecule has 0 bridgehead atoms. The number of aryl methyl sites for hydroxylation is 1. The van der Waals surface area contributed by atoms with Crippen LogP contribution in [0.2, 0.25) is 5.02 Å². The highest BCUT2D eigenvalue weighted by Gasteiger charge is 2.17. The lowest BCUT2D eigenvalue weighted by molar-refractivity contribution is 0.174. The van der Waals surface area contributed by atoms with Crippen LogP contribution in [0.25, 0.3) is 0 Å². The van der Waals surface area contributed by atoms with E-state index in [0.717, 1.165) is 23.1 Å². The molecule has 1 aliphatic rings. The van der Waals surface area contributed by atoms with E-state index in [1.165, 1.54) is 0 Å². The molecule has 0 spiro atoms. The molecule has 0 N–H and O–H groups in total. The Morgan fingerprint density at radius 3 is 3.00 bits per heavy atom. The molecule has 13 heavy (non-hydrogen) atoms. The molecule has 70 valence electrons. The summed E-state index contributed by atoms with van der Waals surface area (Å²) in [6.45, 7) is 0.271. The molecule has 0 atom stereocenters. The van der Waals surface area contributed by atoms with Crippen LogP contribution < -0.4 is 9.47 Å². The third-order valence-electron chi connectivity index (χ3n) is 1.87. The van der Waals surface area contributed by atoms with E-state index in [-0.39, 0.29) is 6.79 Å². The van der Waals surface area contributed by atoms with E-state index in [0.29, 0.717) is 10.8 Å². The summed E-state index contributed by atoms with van der Waals surface area (Å²) in [7, 11) is 0.